The standard InChI is InChI=1S/C16H22FNO2/c1-20-15-9-7-12(11-14(15)17)8-10-16(19)18-13-5-3-2-4-6-13/h7,9,11,13H,2-6,8,10H2,1H3,(H,18,19). The average molecular weight is 279 g/mol. The number of nitrogens with one attached hydrogen (secondary N) is 1. The number of halogens is 1. The molecule has 1 fully saturated rings. The summed E-state index contributed by atoms with van der Waals surface area (Å²) in [6, 6.07) is 5.18. The molecule has 110 valence electrons. The molecule has 0 unspecified atom stereocenters. The van der Waals surface area contributed by atoms with Crippen LogP contribution in [0, 0.1) is 5.82 Å². The molecule has 2 rings (SSSR count). The van der Waals surface area contributed by atoms with E-state index in [2.05, 4.69) is 5.32 Å². The Bertz CT molecular complexity index is 456. The fourth-order valence-electron chi connectivity index (χ4n) is 2.67. The molecule has 0 aromatic heterocycles. The summed E-state index contributed by atoms with van der Waals surface area (Å²) in [5, 5.41) is 3.07. The summed E-state index contributed by atoms with van der Waals surface area (Å²) in [6.45, 7) is 0. The van der Waals surface area contributed by atoms with E-state index in [1.165, 1.54) is 32.4 Å². The summed E-state index contributed by atoms with van der Waals surface area (Å²) in [7, 11) is 1.44. The van der Waals surface area contributed by atoms with Crippen molar-refractivity contribution in [1.29, 1.82) is 0 Å². The highest BCUT2D eigenvalue weighted by Gasteiger charge is 2.15. The Morgan fingerprint density at radius 2 is 2.10 bits per heavy atom. The number of methoxy groups -OCH3 is 1. The number of carbonyl (C=O) groups excluding carboxylic acids is 1. The van der Waals surface area contributed by atoms with Crippen molar-refractivity contribution >= 4 is 5.91 Å². The maximum absolute atomic E-state index is 13.5. The molecule has 1 saturated carbocycles. The molecule has 4 heteroatoms. The lowest BCUT2D eigenvalue weighted by atomic mass is 9.95. The van der Waals surface area contributed by atoms with Crippen LogP contribution in [-0.4, -0.2) is 19.1 Å². The van der Waals surface area contributed by atoms with Gasteiger partial charge in [0.25, 0.3) is 0 Å². The van der Waals surface area contributed by atoms with Crippen molar-refractivity contribution in [3.63, 3.8) is 0 Å². The van der Waals surface area contributed by atoms with E-state index in [1.807, 2.05) is 0 Å². The van der Waals surface area contributed by atoms with E-state index in [4.69, 9.17) is 4.74 Å². The normalized spacial score (nSPS) is 15.9. The van der Waals surface area contributed by atoms with Crippen LogP contribution in [0.15, 0.2) is 18.2 Å². The van der Waals surface area contributed by atoms with E-state index < -0.39 is 0 Å². The molecule has 1 aromatic rings. The van der Waals surface area contributed by atoms with Crippen LogP contribution in [-0.2, 0) is 11.2 Å². The monoisotopic (exact) mass is 279 g/mol. The average Bonchev–Trinajstić information content (AvgIpc) is 2.46. The van der Waals surface area contributed by atoms with E-state index in [0.717, 1.165) is 18.4 Å². The Morgan fingerprint density at radius 1 is 1.35 bits per heavy atom. The lowest BCUT2D eigenvalue weighted by molar-refractivity contribution is -0.121. The van der Waals surface area contributed by atoms with E-state index in [-0.39, 0.29) is 17.5 Å². The molecule has 0 spiro atoms. The quantitative estimate of drug-likeness (QED) is 0.898. The van der Waals surface area contributed by atoms with Gasteiger partial charge in [0.2, 0.25) is 5.91 Å². The minimum absolute atomic E-state index is 0.0631. The maximum atomic E-state index is 13.5. The van der Waals surface area contributed by atoms with Crippen LogP contribution in [0.2, 0.25) is 0 Å². The summed E-state index contributed by atoms with van der Waals surface area (Å²) in [6.07, 6.45) is 6.81. The lowest BCUT2D eigenvalue weighted by Gasteiger charge is -2.22. The summed E-state index contributed by atoms with van der Waals surface area (Å²) in [4.78, 5) is 11.9. The molecule has 0 heterocycles. The van der Waals surface area contributed by atoms with Gasteiger partial charge >= 0.3 is 0 Å². The van der Waals surface area contributed by atoms with Crippen LogP contribution >= 0.6 is 0 Å². The SMILES string of the molecule is COc1ccc(CCC(=O)NC2CCCCC2)cc1F. The first-order valence-corrected chi connectivity index (χ1v) is 7.31. The molecule has 1 aromatic carbocycles. The molecular formula is C16H22FNO2. The first-order valence-electron chi connectivity index (χ1n) is 7.31. The third-order valence-electron chi connectivity index (χ3n) is 3.83. The van der Waals surface area contributed by atoms with E-state index in [1.54, 1.807) is 12.1 Å². The second-order valence-electron chi connectivity index (χ2n) is 5.37. The number of benzene rings is 1. The van der Waals surface area contributed by atoms with Crippen molar-refractivity contribution in [2.75, 3.05) is 7.11 Å². The fraction of sp³-hybridized carbons (Fsp3) is 0.562. The van der Waals surface area contributed by atoms with E-state index >= 15 is 0 Å². The highest BCUT2D eigenvalue weighted by molar-refractivity contribution is 5.76. The van der Waals surface area contributed by atoms with Crippen LogP contribution in [0.1, 0.15) is 44.1 Å². The molecule has 0 bridgehead atoms. The molecule has 20 heavy (non-hydrogen) atoms. The number of ether oxygens (including phenoxy) is 1. The molecule has 0 saturated heterocycles. The smallest absolute Gasteiger partial charge is 0.220 e. The number of hydrogen-bond donors (Lipinski definition) is 1. The largest absolute Gasteiger partial charge is 0.494 e. The van der Waals surface area contributed by atoms with Gasteiger partial charge in [0, 0.05) is 12.5 Å². The topological polar surface area (TPSA) is 38.3 Å². The first-order chi connectivity index (χ1) is 9.69. The molecule has 1 aliphatic rings. The molecule has 0 radical (unpaired) electrons. The van der Waals surface area contributed by atoms with Crippen molar-refractivity contribution in [3.05, 3.63) is 29.6 Å². The number of amides is 1. The molecule has 3 nitrogen and oxygen atoms in total. The summed E-state index contributed by atoms with van der Waals surface area (Å²) in [5.74, 6) is -0.0776. The minimum Gasteiger partial charge on any atom is -0.494 e. The molecule has 1 aliphatic carbocycles. The van der Waals surface area contributed by atoms with E-state index in [0.29, 0.717) is 18.9 Å². The van der Waals surface area contributed by atoms with Gasteiger partial charge in [0.1, 0.15) is 0 Å². The van der Waals surface area contributed by atoms with Crippen molar-refractivity contribution in [3.8, 4) is 5.75 Å². The predicted molar refractivity (Wildman–Crippen MR) is 76.3 cm³/mol. The van der Waals surface area contributed by atoms with Gasteiger partial charge in [0.05, 0.1) is 7.11 Å². The fourth-order valence-corrected chi connectivity index (χ4v) is 2.67. The highest BCUT2D eigenvalue weighted by Crippen LogP contribution is 2.19. The Hall–Kier alpha value is -1.58. The second kappa shape index (κ2) is 7.27. The molecule has 0 atom stereocenters. The highest BCUT2D eigenvalue weighted by atomic mass is 19.1. The van der Waals surface area contributed by atoms with Crippen molar-refractivity contribution in [2.45, 2.75) is 51.0 Å². The Labute approximate surface area is 119 Å². The van der Waals surface area contributed by atoms with Crippen LogP contribution in [0.4, 0.5) is 4.39 Å². The summed E-state index contributed by atoms with van der Waals surface area (Å²) in [5.41, 5.74) is 0.821. The van der Waals surface area contributed by atoms with Crippen molar-refractivity contribution < 1.29 is 13.9 Å². The second-order valence-corrected chi connectivity index (χ2v) is 5.37. The zero-order valence-corrected chi connectivity index (χ0v) is 12.0. The van der Waals surface area contributed by atoms with Gasteiger partial charge in [-0.2, -0.15) is 0 Å². The van der Waals surface area contributed by atoms with Gasteiger partial charge < -0.3 is 10.1 Å². The third kappa shape index (κ3) is 4.22. The lowest BCUT2D eigenvalue weighted by Crippen LogP contribution is -2.36. The van der Waals surface area contributed by atoms with Crippen molar-refractivity contribution in [1.82, 2.24) is 5.32 Å². The first kappa shape index (κ1) is 14.8. The van der Waals surface area contributed by atoms with Crippen LogP contribution in [0.5, 0.6) is 5.75 Å². The molecule has 1 amide bonds. The van der Waals surface area contributed by atoms with Crippen molar-refractivity contribution in [2.24, 2.45) is 0 Å². The Balaban J connectivity index is 1.79. The zero-order chi connectivity index (χ0) is 14.4. The maximum Gasteiger partial charge on any atom is 0.220 e. The van der Waals surface area contributed by atoms with Gasteiger partial charge in [-0.15, -0.1) is 0 Å². The minimum atomic E-state index is -0.377. The van der Waals surface area contributed by atoms with Crippen LogP contribution < -0.4 is 10.1 Å². The third-order valence-corrected chi connectivity index (χ3v) is 3.83. The van der Waals surface area contributed by atoms with Gasteiger partial charge in [-0.05, 0) is 37.0 Å². The number of hydrogen-bond acceptors (Lipinski definition) is 2. The number of rotatable bonds is 5. The Kier molecular flexibility index (Phi) is 5.39. The van der Waals surface area contributed by atoms with Gasteiger partial charge in [-0.25, -0.2) is 4.39 Å². The molecule has 1 N–H and O–H groups in total. The van der Waals surface area contributed by atoms with Crippen LogP contribution in [0.3, 0.4) is 0 Å². The van der Waals surface area contributed by atoms with Gasteiger partial charge in [-0.1, -0.05) is 25.3 Å². The van der Waals surface area contributed by atoms with E-state index in [9.17, 15) is 9.18 Å². The van der Waals surface area contributed by atoms with Gasteiger partial charge in [-0.3, -0.25) is 4.79 Å². The van der Waals surface area contributed by atoms with Gasteiger partial charge in [0.15, 0.2) is 11.6 Å². The molecular weight excluding hydrogens is 257 g/mol. The number of carbonyl (C=O) groups is 1. The molecule has 0 aliphatic heterocycles. The number of aryl methyl sites for hydroxylation is 1. The Morgan fingerprint density at radius 3 is 2.75 bits per heavy atom. The summed E-state index contributed by atoms with van der Waals surface area (Å²) < 4.78 is 18.4. The predicted octanol–water partition coefficient (Wildman–Crippen LogP) is 3.22. The zero-order valence-electron chi connectivity index (χ0n) is 12.0. The summed E-state index contributed by atoms with van der Waals surface area (Å²) >= 11 is 0. The van der Waals surface area contributed by atoms with Crippen LogP contribution in [0.25, 0.3) is 0 Å².